The van der Waals surface area contributed by atoms with Gasteiger partial charge in [-0.25, -0.2) is 0 Å². The van der Waals surface area contributed by atoms with E-state index in [0.29, 0.717) is 11.7 Å². The summed E-state index contributed by atoms with van der Waals surface area (Å²) in [7, 11) is 0. The van der Waals surface area contributed by atoms with Crippen molar-refractivity contribution in [2.45, 2.75) is 52.0 Å². The van der Waals surface area contributed by atoms with Gasteiger partial charge < -0.3 is 9.84 Å². The molecule has 1 aliphatic carbocycles. The topological polar surface area (TPSA) is 118 Å². The van der Waals surface area contributed by atoms with Crippen LogP contribution in [-0.4, -0.2) is 44.3 Å². The third-order valence-electron chi connectivity index (χ3n) is 6.11. The first-order valence-electron chi connectivity index (χ1n) is 10.8. The molecule has 2 fully saturated rings. The highest BCUT2D eigenvalue weighted by Crippen LogP contribution is 2.38. The number of hydrogen-bond donors (Lipinski definition) is 1. The molecule has 1 aliphatic heterocycles. The predicted octanol–water partition coefficient (Wildman–Crippen LogP) is 2.51. The number of amides is 3. The number of rotatable bonds is 7. The van der Waals surface area contributed by atoms with Crippen LogP contribution in [0.2, 0.25) is 0 Å². The first kappa shape index (κ1) is 21.1. The fraction of sp³-hybridized carbons (Fsp3) is 0.545. The van der Waals surface area contributed by atoms with Crippen molar-refractivity contribution in [2.75, 3.05) is 6.54 Å². The second-order valence-electron chi connectivity index (χ2n) is 8.56. The normalized spacial score (nSPS) is 22.0. The summed E-state index contributed by atoms with van der Waals surface area (Å²) in [6.45, 7) is 3.99. The molecule has 31 heavy (non-hydrogen) atoms. The Kier molecular flexibility index (Phi) is 6.11. The largest absolute Gasteiger partial charge is 0.344 e. The van der Waals surface area contributed by atoms with Crippen molar-refractivity contribution < 1.29 is 18.9 Å². The minimum absolute atomic E-state index is 0.00377. The Morgan fingerprint density at radius 1 is 1.23 bits per heavy atom. The highest BCUT2D eigenvalue weighted by Gasteiger charge is 2.47. The molecule has 9 nitrogen and oxygen atoms in total. The first-order valence-corrected chi connectivity index (χ1v) is 10.8. The van der Waals surface area contributed by atoms with Crippen LogP contribution in [0.5, 0.6) is 0 Å². The molecule has 2 aliphatic rings. The fourth-order valence-corrected chi connectivity index (χ4v) is 4.40. The third kappa shape index (κ3) is 4.35. The summed E-state index contributed by atoms with van der Waals surface area (Å²) in [5.41, 5.74) is 0.721. The van der Waals surface area contributed by atoms with Crippen LogP contribution >= 0.6 is 0 Å². The van der Waals surface area contributed by atoms with Crippen molar-refractivity contribution in [3.8, 4) is 11.4 Å². The van der Waals surface area contributed by atoms with E-state index in [1.54, 1.807) is 18.5 Å². The van der Waals surface area contributed by atoms with Crippen LogP contribution in [0.1, 0.15) is 57.9 Å². The Labute approximate surface area is 180 Å². The smallest absolute Gasteiger partial charge is 0.249 e. The number of carbonyl (C=O) groups excluding carboxylic acids is 3. The minimum Gasteiger partial charge on any atom is -0.344 e. The fourth-order valence-electron chi connectivity index (χ4n) is 4.40. The summed E-state index contributed by atoms with van der Waals surface area (Å²) >= 11 is 0. The molecule has 0 unspecified atom stereocenters. The summed E-state index contributed by atoms with van der Waals surface area (Å²) in [5.74, 6) is -0.198. The maximum Gasteiger partial charge on any atom is 0.249 e. The zero-order chi connectivity index (χ0) is 22.0. The highest BCUT2D eigenvalue weighted by atomic mass is 16.5. The lowest BCUT2D eigenvalue weighted by atomic mass is 9.81. The molecule has 3 heterocycles. The summed E-state index contributed by atoms with van der Waals surface area (Å²) in [6, 6.07) is 3.13. The van der Waals surface area contributed by atoms with Crippen molar-refractivity contribution in [2.24, 2.45) is 17.8 Å². The SMILES string of the molecule is CC(C)[C@H](NC(=O)CCN1C(=O)[C@H]2CCCC[C@@H]2C1=O)c1nc(-c2cccnc2)no1. The Bertz CT molecular complexity index is 934. The Hall–Kier alpha value is -3.10. The van der Waals surface area contributed by atoms with E-state index in [4.69, 9.17) is 4.52 Å². The number of nitrogens with one attached hydrogen (secondary N) is 1. The minimum atomic E-state index is -0.474. The number of likely N-dealkylation sites (tertiary alicyclic amines) is 1. The Balaban J connectivity index is 1.38. The van der Waals surface area contributed by atoms with Gasteiger partial charge in [0.1, 0.15) is 6.04 Å². The number of imide groups is 1. The summed E-state index contributed by atoms with van der Waals surface area (Å²) in [6.07, 6.45) is 6.84. The van der Waals surface area contributed by atoms with Crippen molar-refractivity contribution >= 4 is 17.7 Å². The third-order valence-corrected chi connectivity index (χ3v) is 6.11. The average Bonchev–Trinajstić information content (AvgIpc) is 3.35. The number of carbonyl (C=O) groups is 3. The molecule has 0 aromatic carbocycles. The monoisotopic (exact) mass is 425 g/mol. The number of fused-ring (bicyclic) bond motifs is 1. The molecule has 1 saturated heterocycles. The van der Waals surface area contributed by atoms with Crippen LogP contribution in [0.3, 0.4) is 0 Å². The van der Waals surface area contributed by atoms with Crippen LogP contribution in [0, 0.1) is 17.8 Å². The van der Waals surface area contributed by atoms with Crippen LogP contribution in [0.25, 0.3) is 11.4 Å². The zero-order valence-electron chi connectivity index (χ0n) is 17.8. The summed E-state index contributed by atoms with van der Waals surface area (Å²) in [5, 5.41) is 6.91. The van der Waals surface area contributed by atoms with Gasteiger partial charge in [-0.1, -0.05) is 31.8 Å². The number of hydrogen-bond acceptors (Lipinski definition) is 7. The molecule has 0 radical (unpaired) electrons. The van der Waals surface area contributed by atoms with Gasteiger partial charge in [-0.3, -0.25) is 24.3 Å². The van der Waals surface area contributed by atoms with Gasteiger partial charge in [-0.05, 0) is 30.9 Å². The number of nitrogens with zero attached hydrogens (tertiary/aromatic N) is 4. The lowest BCUT2D eigenvalue weighted by Gasteiger charge is -2.20. The molecular formula is C22H27N5O4. The van der Waals surface area contributed by atoms with Gasteiger partial charge in [0.2, 0.25) is 29.4 Å². The van der Waals surface area contributed by atoms with Gasteiger partial charge in [0.05, 0.1) is 11.8 Å². The standard InChI is InChI=1S/C22H27N5O4/c1-13(2)18(20-25-19(26-31-20)14-6-5-10-23-12-14)24-17(28)9-11-27-21(29)15-7-3-4-8-16(15)22(27)30/h5-6,10,12-13,15-16,18H,3-4,7-9,11H2,1-2H3,(H,24,28)/t15-,16-,18-/m0/s1. The molecule has 2 aromatic rings. The molecule has 0 bridgehead atoms. The zero-order valence-corrected chi connectivity index (χ0v) is 17.8. The first-order chi connectivity index (χ1) is 15.0. The van der Waals surface area contributed by atoms with E-state index in [0.717, 1.165) is 31.2 Å². The van der Waals surface area contributed by atoms with E-state index < -0.39 is 6.04 Å². The van der Waals surface area contributed by atoms with E-state index in [1.165, 1.54) is 4.90 Å². The number of pyridine rings is 1. The predicted molar refractivity (Wildman–Crippen MR) is 110 cm³/mol. The lowest BCUT2D eigenvalue weighted by Crippen LogP contribution is -2.37. The van der Waals surface area contributed by atoms with Crippen LogP contribution in [-0.2, 0) is 14.4 Å². The lowest BCUT2D eigenvalue weighted by molar-refractivity contribution is -0.140. The molecule has 164 valence electrons. The van der Waals surface area contributed by atoms with Gasteiger partial charge in [-0.15, -0.1) is 0 Å². The van der Waals surface area contributed by atoms with Crippen molar-refractivity contribution in [3.63, 3.8) is 0 Å². The van der Waals surface area contributed by atoms with E-state index in [1.807, 2.05) is 19.9 Å². The second kappa shape index (κ2) is 8.95. The molecule has 1 saturated carbocycles. The molecule has 3 amide bonds. The van der Waals surface area contributed by atoms with Crippen molar-refractivity contribution in [1.82, 2.24) is 25.3 Å². The van der Waals surface area contributed by atoms with Gasteiger partial charge >= 0.3 is 0 Å². The average molecular weight is 425 g/mol. The molecule has 9 heteroatoms. The van der Waals surface area contributed by atoms with Crippen LogP contribution < -0.4 is 5.32 Å². The van der Waals surface area contributed by atoms with Gasteiger partial charge in [-0.2, -0.15) is 4.98 Å². The molecule has 3 atom stereocenters. The van der Waals surface area contributed by atoms with Crippen LogP contribution in [0.15, 0.2) is 29.0 Å². The van der Waals surface area contributed by atoms with Crippen LogP contribution in [0.4, 0.5) is 0 Å². The van der Waals surface area contributed by atoms with E-state index >= 15 is 0 Å². The van der Waals surface area contributed by atoms with E-state index in [-0.39, 0.29) is 48.4 Å². The molecule has 4 rings (SSSR count). The molecular weight excluding hydrogens is 398 g/mol. The van der Waals surface area contributed by atoms with Crippen molar-refractivity contribution in [1.29, 1.82) is 0 Å². The van der Waals surface area contributed by atoms with E-state index in [9.17, 15) is 14.4 Å². The van der Waals surface area contributed by atoms with Gasteiger partial charge in [0.25, 0.3) is 0 Å². The molecule has 1 N–H and O–H groups in total. The maximum absolute atomic E-state index is 12.6. The number of aromatic nitrogens is 3. The second-order valence-corrected chi connectivity index (χ2v) is 8.56. The summed E-state index contributed by atoms with van der Waals surface area (Å²) < 4.78 is 5.40. The van der Waals surface area contributed by atoms with Gasteiger partial charge in [0.15, 0.2) is 0 Å². The Morgan fingerprint density at radius 2 is 1.94 bits per heavy atom. The quantitative estimate of drug-likeness (QED) is 0.677. The van der Waals surface area contributed by atoms with Crippen molar-refractivity contribution in [3.05, 3.63) is 30.4 Å². The van der Waals surface area contributed by atoms with Gasteiger partial charge in [0, 0.05) is 30.9 Å². The van der Waals surface area contributed by atoms with E-state index in [2.05, 4.69) is 20.4 Å². The molecule has 2 aromatic heterocycles. The highest BCUT2D eigenvalue weighted by molar-refractivity contribution is 6.05. The maximum atomic E-state index is 12.6. The molecule has 0 spiro atoms. The Morgan fingerprint density at radius 3 is 2.55 bits per heavy atom. The summed E-state index contributed by atoms with van der Waals surface area (Å²) in [4.78, 5) is 47.5.